The molecule has 0 aliphatic rings. The fourth-order valence-corrected chi connectivity index (χ4v) is 1.88. The lowest BCUT2D eigenvalue weighted by Gasteiger charge is -2.38. The molecule has 0 spiro atoms. The first kappa shape index (κ1) is 13.0. The Morgan fingerprint density at radius 3 is 1.85 bits per heavy atom. The standard InChI is InChI=1S/C12H27N/c1-8-13-12(6,7)9-11(4,5)10(2)3/h10,13H,8-9H2,1-7H3. The summed E-state index contributed by atoms with van der Waals surface area (Å²) >= 11 is 0. The smallest absolute Gasteiger partial charge is 0.0130 e. The van der Waals surface area contributed by atoms with Gasteiger partial charge in [-0.05, 0) is 38.1 Å². The summed E-state index contributed by atoms with van der Waals surface area (Å²) in [7, 11) is 0. The van der Waals surface area contributed by atoms with Crippen LogP contribution in [0.2, 0.25) is 0 Å². The van der Waals surface area contributed by atoms with Gasteiger partial charge < -0.3 is 5.32 Å². The van der Waals surface area contributed by atoms with Crippen LogP contribution in [0.15, 0.2) is 0 Å². The van der Waals surface area contributed by atoms with Crippen molar-refractivity contribution in [3.05, 3.63) is 0 Å². The van der Waals surface area contributed by atoms with Crippen molar-refractivity contribution in [3.8, 4) is 0 Å². The minimum Gasteiger partial charge on any atom is -0.312 e. The van der Waals surface area contributed by atoms with Crippen molar-refractivity contribution in [2.75, 3.05) is 6.54 Å². The van der Waals surface area contributed by atoms with Gasteiger partial charge >= 0.3 is 0 Å². The van der Waals surface area contributed by atoms with E-state index in [1.807, 2.05) is 0 Å². The van der Waals surface area contributed by atoms with Crippen molar-refractivity contribution >= 4 is 0 Å². The average Bonchev–Trinajstić information content (AvgIpc) is 1.83. The van der Waals surface area contributed by atoms with E-state index in [0.717, 1.165) is 12.5 Å². The van der Waals surface area contributed by atoms with E-state index in [-0.39, 0.29) is 5.54 Å². The molecule has 80 valence electrons. The van der Waals surface area contributed by atoms with E-state index in [1.54, 1.807) is 0 Å². The van der Waals surface area contributed by atoms with E-state index in [0.29, 0.717) is 5.41 Å². The molecule has 13 heavy (non-hydrogen) atoms. The maximum atomic E-state index is 3.53. The Hall–Kier alpha value is -0.0400. The second-order valence-corrected chi connectivity index (χ2v) is 5.73. The molecule has 0 bridgehead atoms. The minimum absolute atomic E-state index is 0.266. The van der Waals surface area contributed by atoms with Crippen molar-refractivity contribution in [2.24, 2.45) is 11.3 Å². The first-order valence-corrected chi connectivity index (χ1v) is 5.46. The SMILES string of the molecule is CCNC(C)(C)CC(C)(C)C(C)C. The monoisotopic (exact) mass is 185 g/mol. The van der Waals surface area contributed by atoms with E-state index >= 15 is 0 Å². The lowest BCUT2D eigenvalue weighted by Crippen LogP contribution is -2.43. The molecular formula is C12H27N. The second-order valence-electron chi connectivity index (χ2n) is 5.73. The second kappa shape index (κ2) is 4.45. The molecule has 0 unspecified atom stereocenters. The third-order valence-electron chi connectivity index (χ3n) is 3.12. The zero-order valence-electron chi connectivity index (χ0n) is 10.5. The molecule has 0 aliphatic heterocycles. The first-order chi connectivity index (χ1) is 5.71. The molecule has 0 fully saturated rings. The summed E-state index contributed by atoms with van der Waals surface area (Å²) in [4.78, 5) is 0. The highest BCUT2D eigenvalue weighted by Gasteiger charge is 2.30. The summed E-state index contributed by atoms with van der Waals surface area (Å²) in [5, 5.41) is 3.53. The van der Waals surface area contributed by atoms with Crippen LogP contribution < -0.4 is 5.32 Å². The molecule has 0 aromatic rings. The maximum absolute atomic E-state index is 3.53. The summed E-state index contributed by atoms with van der Waals surface area (Å²) in [5.74, 6) is 0.741. The van der Waals surface area contributed by atoms with Crippen LogP contribution in [0.25, 0.3) is 0 Å². The van der Waals surface area contributed by atoms with Gasteiger partial charge in [0.05, 0.1) is 0 Å². The van der Waals surface area contributed by atoms with Crippen molar-refractivity contribution in [2.45, 2.75) is 60.4 Å². The molecule has 0 radical (unpaired) electrons. The normalized spacial score (nSPS) is 13.8. The number of rotatable bonds is 5. The van der Waals surface area contributed by atoms with Gasteiger partial charge in [0, 0.05) is 5.54 Å². The molecule has 1 nitrogen and oxygen atoms in total. The van der Waals surface area contributed by atoms with Gasteiger partial charge in [-0.2, -0.15) is 0 Å². The van der Waals surface area contributed by atoms with Crippen LogP contribution in [0.4, 0.5) is 0 Å². The Bertz CT molecular complexity index is 145. The van der Waals surface area contributed by atoms with Gasteiger partial charge in [0.1, 0.15) is 0 Å². The minimum atomic E-state index is 0.266. The number of hydrogen-bond donors (Lipinski definition) is 1. The van der Waals surface area contributed by atoms with Crippen molar-refractivity contribution in [3.63, 3.8) is 0 Å². The fraction of sp³-hybridized carbons (Fsp3) is 1.00. The Labute approximate surface area is 84.3 Å². The molecule has 0 rings (SSSR count). The summed E-state index contributed by atoms with van der Waals surface area (Å²) in [6.07, 6.45) is 1.23. The third kappa shape index (κ3) is 4.66. The predicted molar refractivity (Wildman–Crippen MR) is 61.0 cm³/mol. The molecule has 1 heteroatoms. The molecule has 0 amide bonds. The maximum Gasteiger partial charge on any atom is 0.0130 e. The molecule has 0 saturated heterocycles. The fourth-order valence-electron chi connectivity index (χ4n) is 1.88. The predicted octanol–water partition coefficient (Wildman–Crippen LogP) is 3.45. The van der Waals surface area contributed by atoms with E-state index in [1.165, 1.54) is 6.42 Å². The van der Waals surface area contributed by atoms with Crippen LogP contribution in [0, 0.1) is 11.3 Å². The zero-order valence-corrected chi connectivity index (χ0v) is 10.5. The zero-order chi connectivity index (χ0) is 10.7. The van der Waals surface area contributed by atoms with E-state index in [4.69, 9.17) is 0 Å². The van der Waals surface area contributed by atoms with E-state index in [9.17, 15) is 0 Å². The van der Waals surface area contributed by atoms with Crippen molar-refractivity contribution in [1.29, 1.82) is 0 Å². The number of hydrogen-bond acceptors (Lipinski definition) is 1. The Morgan fingerprint density at radius 1 is 1.08 bits per heavy atom. The lowest BCUT2D eigenvalue weighted by molar-refractivity contribution is 0.163. The third-order valence-corrected chi connectivity index (χ3v) is 3.12. The average molecular weight is 185 g/mol. The summed E-state index contributed by atoms with van der Waals surface area (Å²) in [6.45, 7) is 17.1. The van der Waals surface area contributed by atoms with Crippen LogP contribution in [-0.4, -0.2) is 12.1 Å². The van der Waals surface area contributed by atoms with Gasteiger partial charge in [-0.25, -0.2) is 0 Å². The first-order valence-electron chi connectivity index (χ1n) is 5.46. The largest absolute Gasteiger partial charge is 0.312 e. The van der Waals surface area contributed by atoms with Crippen LogP contribution >= 0.6 is 0 Å². The molecule has 0 aromatic carbocycles. The Kier molecular flexibility index (Phi) is 4.44. The van der Waals surface area contributed by atoms with Crippen molar-refractivity contribution in [1.82, 2.24) is 5.32 Å². The molecule has 0 saturated carbocycles. The summed E-state index contributed by atoms with van der Waals surface area (Å²) < 4.78 is 0. The molecule has 1 N–H and O–H groups in total. The van der Waals surface area contributed by atoms with Crippen LogP contribution in [-0.2, 0) is 0 Å². The van der Waals surface area contributed by atoms with Crippen LogP contribution in [0.1, 0.15) is 54.9 Å². The highest BCUT2D eigenvalue weighted by molar-refractivity contribution is 4.86. The lowest BCUT2D eigenvalue weighted by atomic mass is 9.72. The summed E-state index contributed by atoms with van der Waals surface area (Å²) in [6, 6.07) is 0. The Morgan fingerprint density at radius 2 is 1.54 bits per heavy atom. The molecule has 0 atom stereocenters. The van der Waals surface area contributed by atoms with Gasteiger partial charge in [0.15, 0.2) is 0 Å². The molecule has 0 aromatic heterocycles. The highest BCUT2D eigenvalue weighted by Crippen LogP contribution is 2.34. The van der Waals surface area contributed by atoms with E-state index in [2.05, 4.69) is 53.8 Å². The van der Waals surface area contributed by atoms with Gasteiger partial charge in [-0.1, -0.05) is 34.6 Å². The van der Waals surface area contributed by atoms with Gasteiger partial charge in [0.2, 0.25) is 0 Å². The molecular weight excluding hydrogens is 158 g/mol. The van der Waals surface area contributed by atoms with Crippen LogP contribution in [0.5, 0.6) is 0 Å². The topological polar surface area (TPSA) is 12.0 Å². The van der Waals surface area contributed by atoms with Gasteiger partial charge in [0.25, 0.3) is 0 Å². The number of nitrogens with one attached hydrogen (secondary N) is 1. The van der Waals surface area contributed by atoms with Gasteiger partial charge in [-0.3, -0.25) is 0 Å². The Balaban J connectivity index is 4.24. The van der Waals surface area contributed by atoms with Crippen molar-refractivity contribution < 1.29 is 0 Å². The highest BCUT2D eigenvalue weighted by atomic mass is 14.9. The molecule has 0 aliphatic carbocycles. The van der Waals surface area contributed by atoms with Crippen LogP contribution in [0.3, 0.4) is 0 Å². The quantitative estimate of drug-likeness (QED) is 0.692. The summed E-state index contributed by atoms with van der Waals surface area (Å²) in [5.41, 5.74) is 0.689. The molecule has 0 heterocycles. The van der Waals surface area contributed by atoms with Gasteiger partial charge in [-0.15, -0.1) is 0 Å². The van der Waals surface area contributed by atoms with E-state index < -0.39 is 0 Å².